The lowest BCUT2D eigenvalue weighted by atomic mass is 10.2. The SMILES string of the molecule is N#Cc1cc(CN2CCS(=O)(=O)CC2)ccn1. The fourth-order valence-electron chi connectivity index (χ4n) is 1.80. The summed E-state index contributed by atoms with van der Waals surface area (Å²) in [5.74, 6) is 0.451. The number of pyridine rings is 1. The van der Waals surface area contributed by atoms with Crippen LogP contribution in [0.5, 0.6) is 0 Å². The lowest BCUT2D eigenvalue weighted by Crippen LogP contribution is -2.39. The zero-order chi connectivity index (χ0) is 12.3. The van der Waals surface area contributed by atoms with Crippen molar-refractivity contribution >= 4 is 9.84 Å². The second kappa shape index (κ2) is 4.82. The molecular formula is C11H13N3O2S. The summed E-state index contributed by atoms with van der Waals surface area (Å²) in [6, 6.07) is 5.58. The van der Waals surface area contributed by atoms with Gasteiger partial charge in [-0.1, -0.05) is 0 Å². The normalized spacial score (nSPS) is 19.7. The second-order valence-corrected chi connectivity index (χ2v) is 6.39. The van der Waals surface area contributed by atoms with Gasteiger partial charge in [0, 0.05) is 25.8 Å². The minimum absolute atomic E-state index is 0.225. The fourth-order valence-corrected chi connectivity index (χ4v) is 3.08. The van der Waals surface area contributed by atoms with Gasteiger partial charge >= 0.3 is 0 Å². The number of sulfone groups is 1. The van der Waals surface area contributed by atoms with Crippen molar-refractivity contribution in [1.29, 1.82) is 5.26 Å². The van der Waals surface area contributed by atoms with Crippen molar-refractivity contribution < 1.29 is 8.42 Å². The van der Waals surface area contributed by atoms with Gasteiger partial charge in [-0.3, -0.25) is 4.90 Å². The molecule has 0 aliphatic carbocycles. The zero-order valence-corrected chi connectivity index (χ0v) is 10.2. The Morgan fingerprint density at radius 1 is 1.41 bits per heavy atom. The maximum atomic E-state index is 11.3. The van der Waals surface area contributed by atoms with Crippen molar-refractivity contribution in [2.75, 3.05) is 24.6 Å². The van der Waals surface area contributed by atoms with E-state index in [4.69, 9.17) is 5.26 Å². The highest BCUT2D eigenvalue weighted by Gasteiger charge is 2.21. The van der Waals surface area contributed by atoms with Gasteiger partial charge in [-0.05, 0) is 17.7 Å². The molecule has 0 amide bonds. The van der Waals surface area contributed by atoms with Gasteiger partial charge in [-0.15, -0.1) is 0 Å². The molecule has 0 saturated carbocycles. The first kappa shape index (κ1) is 12.0. The predicted molar refractivity (Wildman–Crippen MR) is 62.9 cm³/mol. The van der Waals surface area contributed by atoms with E-state index in [0.717, 1.165) is 5.56 Å². The van der Waals surface area contributed by atoms with E-state index in [-0.39, 0.29) is 11.5 Å². The smallest absolute Gasteiger partial charge is 0.152 e. The van der Waals surface area contributed by atoms with Crippen LogP contribution in [0.1, 0.15) is 11.3 Å². The third-order valence-electron chi connectivity index (χ3n) is 2.78. The Morgan fingerprint density at radius 2 is 2.12 bits per heavy atom. The minimum atomic E-state index is -2.83. The summed E-state index contributed by atoms with van der Waals surface area (Å²) in [5.41, 5.74) is 1.39. The maximum absolute atomic E-state index is 11.3. The summed E-state index contributed by atoms with van der Waals surface area (Å²) in [4.78, 5) is 5.98. The number of hydrogen-bond acceptors (Lipinski definition) is 5. The van der Waals surface area contributed by atoms with Crippen molar-refractivity contribution in [2.45, 2.75) is 6.54 Å². The quantitative estimate of drug-likeness (QED) is 0.749. The van der Waals surface area contributed by atoms with Crippen LogP contribution in [-0.4, -0.2) is 42.9 Å². The Kier molecular flexibility index (Phi) is 3.41. The van der Waals surface area contributed by atoms with Gasteiger partial charge in [-0.25, -0.2) is 13.4 Å². The lowest BCUT2D eigenvalue weighted by Gasteiger charge is -2.26. The molecule has 1 aliphatic heterocycles. The van der Waals surface area contributed by atoms with E-state index in [1.807, 2.05) is 12.1 Å². The van der Waals surface area contributed by atoms with E-state index in [0.29, 0.717) is 25.3 Å². The van der Waals surface area contributed by atoms with Crippen molar-refractivity contribution in [3.05, 3.63) is 29.6 Å². The molecule has 0 aromatic carbocycles. The first-order valence-electron chi connectivity index (χ1n) is 5.37. The maximum Gasteiger partial charge on any atom is 0.152 e. The molecular weight excluding hydrogens is 238 g/mol. The fraction of sp³-hybridized carbons (Fsp3) is 0.455. The monoisotopic (exact) mass is 251 g/mol. The molecule has 0 spiro atoms. The Hall–Kier alpha value is -1.45. The predicted octanol–water partition coefficient (Wildman–Crippen LogP) is 0.184. The third kappa shape index (κ3) is 3.25. The topological polar surface area (TPSA) is 74.1 Å². The van der Waals surface area contributed by atoms with E-state index in [1.165, 1.54) is 0 Å². The molecule has 90 valence electrons. The van der Waals surface area contributed by atoms with Crippen LogP contribution in [0.15, 0.2) is 18.3 Å². The standard InChI is InChI=1S/C11H13N3O2S/c12-8-11-7-10(1-2-13-11)9-14-3-5-17(15,16)6-4-14/h1-2,7H,3-6,9H2. The van der Waals surface area contributed by atoms with Gasteiger partial charge in [0.25, 0.3) is 0 Å². The Labute approximate surface area is 101 Å². The molecule has 0 unspecified atom stereocenters. The number of rotatable bonds is 2. The van der Waals surface area contributed by atoms with Crippen molar-refractivity contribution in [3.8, 4) is 6.07 Å². The number of nitrogens with zero attached hydrogens (tertiary/aromatic N) is 3. The van der Waals surface area contributed by atoms with Crippen LogP contribution in [0.4, 0.5) is 0 Å². The summed E-state index contributed by atoms with van der Waals surface area (Å²) >= 11 is 0. The minimum Gasteiger partial charge on any atom is -0.297 e. The third-order valence-corrected chi connectivity index (χ3v) is 4.39. The van der Waals surface area contributed by atoms with Gasteiger partial charge in [-0.2, -0.15) is 5.26 Å². The summed E-state index contributed by atoms with van der Waals surface area (Å²) in [6.07, 6.45) is 1.61. The largest absolute Gasteiger partial charge is 0.297 e. The van der Waals surface area contributed by atoms with E-state index in [1.54, 1.807) is 12.3 Å². The van der Waals surface area contributed by atoms with Crippen LogP contribution < -0.4 is 0 Å². The molecule has 2 rings (SSSR count). The Morgan fingerprint density at radius 3 is 2.76 bits per heavy atom. The van der Waals surface area contributed by atoms with Crippen LogP contribution in [0.25, 0.3) is 0 Å². The summed E-state index contributed by atoms with van der Waals surface area (Å²) in [7, 11) is -2.83. The van der Waals surface area contributed by atoms with E-state index in [2.05, 4.69) is 9.88 Å². The molecule has 0 N–H and O–H groups in total. The van der Waals surface area contributed by atoms with Crippen LogP contribution in [0, 0.1) is 11.3 Å². The van der Waals surface area contributed by atoms with Crippen LogP contribution in [0.2, 0.25) is 0 Å². The average Bonchev–Trinajstić information content (AvgIpc) is 2.32. The van der Waals surface area contributed by atoms with Crippen molar-refractivity contribution in [1.82, 2.24) is 9.88 Å². The highest BCUT2D eigenvalue weighted by atomic mass is 32.2. The van der Waals surface area contributed by atoms with Crippen molar-refractivity contribution in [2.24, 2.45) is 0 Å². The molecule has 0 radical (unpaired) electrons. The molecule has 0 atom stereocenters. The molecule has 1 saturated heterocycles. The van der Waals surface area contributed by atoms with Gasteiger partial charge < -0.3 is 0 Å². The molecule has 5 nitrogen and oxygen atoms in total. The van der Waals surface area contributed by atoms with Crippen LogP contribution >= 0.6 is 0 Å². The molecule has 1 aromatic rings. The number of nitriles is 1. The highest BCUT2D eigenvalue weighted by molar-refractivity contribution is 7.91. The molecule has 0 bridgehead atoms. The van der Waals surface area contributed by atoms with Gasteiger partial charge in [0.15, 0.2) is 9.84 Å². The summed E-state index contributed by atoms with van der Waals surface area (Å²) in [5, 5.41) is 8.73. The first-order chi connectivity index (χ1) is 8.09. The van der Waals surface area contributed by atoms with E-state index < -0.39 is 9.84 Å². The average molecular weight is 251 g/mol. The Balaban J connectivity index is 2.00. The summed E-state index contributed by atoms with van der Waals surface area (Å²) < 4.78 is 22.5. The molecule has 6 heteroatoms. The molecule has 2 heterocycles. The van der Waals surface area contributed by atoms with Gasteiger partial charge in [0.05, 0.1) is 11.5 Å². The zero-order valence-electron chi connectivity index (χ0n) is 9.33. The van der Waals surface area contributed by atoms with Crippen LogP contribution in [-0.2, 0) is 16.4 Å². The molecule has 17 heavy (non-hydrogen) atoms. The highest BCUT2D eigenvalue weighted by Crippen LogP contribution is 2.09. The van der Waals surface area contributed by atoms with E-state index >= 15 is 0 Å². The number of hydrogen-bond donors (Lipinski definition) is 0. The first-order valence-corrected chi connectivity index (χ1v) is 7.19. The van der Waals surface area contributed by atoms with Gasteiger partial charge in [0.2, 0.25) is 0 Å². The molecule has 1 aliphatic rings. The van der Waals surface area contributed by atoms with E-state index in [9.17, 15) is 8.42 Å². The molecule has 1 aromatic heterocycles. The lowest BCUT2D eigenvalue weighted by molar-refractivity contribution is 0.287. The van der Waals surface area contributed by atoms with Crippen LogP contribution in [0.3, 0.4) is 0 Å². The van der Waals surface area contributed by atoms with Gasteiger partial charge in [0.1, 0.15) is 11.8 Å². The molecule has 1 fully saturated rings. The second-order valence-electron chi connectivity index (χ2n) is 4.09. The number of aromatic nitrogens is 1. The summed E-state index contributed by atoms with van der Waals surface area (Å²) in [6.45, 7) is 1.80. The Bertz CT molecular complexity index is 534. The van der Waals surface area contributed by atoms with Crippen molar-refractivity contribution in [3.63, 3.8) is 0 Å².